The Kier molecular flexibility index (Phi) is 3.43. The topological polar surface area (TPSA) is 51.1 Å². The summed E-state index contributed by atoms with van der Waals surface area (Å²) in [6.45, 7) is 5.36. The van der Waals surface area contributed by atoms with E-state index in [0.717, 1.165) is 6.54 Å². The van der Waals surface area contributed by atoms with Gasteiger partial charge in [-0.05, 0) is 38.3 Å². The second kappa shape index (κ2) is 4.82. The van der Waals surface area contributed by atoms with Gasteiger partial charge in [0.25, 0.3) is 0 Å². The van der Waals surface area contributed by atoms with E-state index in [1.165, 1.54) is 12.8 Å². The van der Waals surface area contributed by atoms with Crippen LogP contribution >= 0.6 is 11.6 Å². The van der Waals surface area contributed by atoms with Crippen molar-refractivity contribution in [3.05, 3.63) is 5.28 Å². The van der Waals surface area contributed by atoms with E-state index in [0.29, 0.717) is 24.6 Å². The van der Waals surface area contributed by atoms with Crippen molar-refractivity contribution in [1.82, 2.24) is 15.0 Å². The first kappa shape index (κ1) is 11.4. The Labute approximate surface area is 99.8 Å². The highest BCUT2D eigenvalue weighted by Crippen LogP contribution is 2.30. The van der Waals surface area contributed by atoms with Gasteiger partial charge >= 0.3 is 6.01 Å². The van der Waals surface area contributed by atoms with E-state index in [1.807, 2.05) is 6.92 Å². The minimum atomic E-state index is 0.188. The molecule has 0 spiro atoms. The van der Waals surface area contributed by atoms with Crippen LogP contribution in [-0.4, -0.2) is 34.1 Å². The molecule has 1 fully saturated rings. The van der Waals surface area contributed by atoms with Crippen LogP contribution in [0, 0.1) is 0 Å². The van der Waals surface area contributed by atoms with Crippen LogP contribution in [0.25, 0.3) is 0 Å². The molecule has 0 bridgehead atoms. The molecular weight excluding hydrogens is 228 g/mol. The molecule has 6 heteroatoms. The highest BCUT2D eigenvalue weighted by molar-refractivity contribution is 6.28. The predicted molar refractivity (Wildman–Crippen MR) is 62.0 cm³/mol. The van der Waals surface area contributed by atoms with Crippen molar-refractivity contribution in [2.45, 2.75) is 32.7 Å². The number of hydrogen-bond donors (Lipinski definition) is 0. The second-order valence-electron chi connectivity index (χ2n) is 3.64. The minimum Gasteiger partial charge on any atom is -0.464 e. The average molecular weight is 243 g/mol. The van der Waals surface area contributed by atoms with E-state index in [4.69, 9.17) is 16.3 Å². The van der Waals surface area contributed by atoms with Crippen LogP contribution in [0.1, 0.15) is 26.7 Å². The minimum absolute atomic E-state index is 0.188. The monoisotopic (exact) mass is 242 g/mol. The fraction of sp³-hybridized carbons (Fsp3) is 0.700. The van der Waals surface area contributed by atoms with E-state index in [-0.39, 0.29) is 5.28 Å². The van der Waals surface area contributed by atoms with Gasteiger partial charge in [-0.25, -0.2) is 0 Å². The molecule has 0 radical (unpaired) electrons. The molecule has 1 heterocycles. The first-order valence-corrected chi connectivity index (χ1v) is 5.93. The lowest BCUT2D eigenvalue weighted by Gasteiger charge is -2.20. The number of nitrogens with zero attached hydrogens (tertiary/aromatic N) is 4. The summed E-state index contributed by atoms with van der Waals surface area (Å²) in [6.07, 6.45) is 2.39. The van der Waals surface area contributed by atoms with Gasteiger partial charge in [-0.2, -0.15) is 15.0 Å². The van der Waals surface area contributed by atoms with Crippen molar-refractivity contribution in [2.24, 2.45) is 0 Å². The third kappa shape index (κ3) is 2.52. The largest absolute Gasteiger partial charge is 0.464 e. The van der Waals surface area contributed by atoms with Gasteiger partial charge in [-0.3, -0.25) is 0 Å². The lowest BCUT2D eigenvalue weighted by atomic mass is 10.5. The van der Waals surface area contributed by atoms with Crippen LogP contribution in [0.15, 0.2) is 0 Å². The van der Waals surface area contributed by atoms with Crippen molar-refractivity contribution in [2.75, 3.05) is 18.1 Å². The molecular formula is C10H15ClN4O. The zero-order chi connectivity index (χ0) is 11.5. The SMILES string of the molecule is CCOc1nc(Cl)nc(N(CC)C2CC2)n1. The maximum absolute atomic E-state index is 5.84. The van der Waals surface area contributed by atoms with Gasteiger partial charge in [0.2, 0.25) is 11.2 Å². The van der Waals surface area contributed by atoms with Crippen LogP contribution in [0.5, 0.6) is 6.01 Å². The Hall–Kier alpha value is -1.10. The smallest absolute Gasteiger partial charge is 0.322 e. The summed E-state index contributed by atoms with van der Waals surface area (Å²) in [7, 11) is 0. The normalized spacial score (nSPS) is 14.9. The van der Waals surface area contributed by atoms with Crippen molar-refractivity contribution in [1.29, 1.82) is 0 Å². The number of aromatic nitrogens is 3. The molecule has 0 aromatic carbocycles. The Balaban J connectivity index is 2.24. The number of hydrogen-bond acceptors (Lipinski definition) is 5. The molecule has 0 saturated heterocycles. The van der Waals surface area contributed by atoms with E-state index < -0.39 is 0 Å². The van der Waals surface area contributed by atoms with Crippen molar-refractivity contribution in [3.63, 3.8) is 0 Å². The third-order valence-electron chi connectivity index (χ3n) is 2.43. The van der Waals surface area contributed by atoms with Crippen molar-refractivity contribution < 1.29 is 4.74 Å². The first-order valence-electron chi connectivity index (χ1n) is 5.55. The Bertz CT molecular complexity index is 370. The lowest BCUT2D eigenvalue weighted by molar-refractivity contribution is 0.311. The van der Waals surface area contributed by atoms with Crippen LogP contribution in [0.2, 0.25) is 5.28 Å². The van der Waals surface area contributed by atoms with Gasteiger partial charge in [0.05, 0.1) is 6.61 Å². The van der Waals surface area contributed by atoms with Crippen LogP contribution < -0.4 is 9.64 Å². The summed E-state index contributed by atoms with van der Waals surface area (Å²) in [6, 6.07) is 0.856. The zero-order valence-electron chi connectivity index (χ0n) is 9.48. The van der Waals surface area contributed by atoms with E-state index in [1.54, 1.807) is 0 Å². The highest BCUT2D eigenvalue weighted by atomic mass is 35.5. The van der Waals surface area contributed by atoms with Gasteiger partial charge in [0, 0.05) is 12.6 Å². The number of halogens is 1. The molecule has 0 amide bonds. The molecule has 2 rings (SSSR count). The Morgan fingerprint density at radius 1 is 1.31 bits per heavy atom. The van der Waals surface area contributed by atoms with E-state index in [2.05, 4.69) is 26.8 Å². The average Bonchev–Trinajstić information content (AvgIpc) is 3.03. The van der Waals surface area contributed by atoms with Gasteiger partial charge < -0.3 is 9.64 Å². The van der Waals surface area contributed by atoms with Gasteiger partial charge in [-0.1, -0.05) is 0 Å². The van der Waals surface area contributed by atoms with E-state index in [9.17, 15) is 0 Å². The predicted octanol–water partition coefficient (Wildman–Crippen LogP) is 1.91. The summed E-state index contributed by atoms with van der Waals surface area (Å²) in [4.78, 5) is 14.4. The summed E-state index contributed by atoms with van der Waals surface area (Å²) < 4.78 is 5.25. The molecule has 0 unspecified atom stereocenters. The molecule has 1 aliphatic carbocycles. The van der Waals surface area contributed by atoms with Crippen LogP contribution in [-0.2, 0) is 0 Å². The number of ether oxygens (including phenoxy) is 1. The van der Waals surface area contributed by atoms with E-state index >= 15 is 0 Å². The van der Waals surface area contributed by atoms with Crippen molar-refractivity contribution in [3.8, 4) is 6.01 Å². The standard InChI is InChI=1S/C10H15ClN4O/c1-3-15(7-5-6-7)9-12-8(11)13-10(14-9)16-4-2/h7H,3-6H2,1-2H3. The first-order chi connectivity index (χ1) is 7.74. The Morgan fingerprint density at radius 2 is 2.06 bits per heavy atom. The lowest BCUT2D eigenvalue weighted by Crippen LogP contribution is -2.27. The van der Waals surface area contributed by atoms with Crippen LogP contribution in [0.3, 0.4) is 0 Å². The maximum Gasteiger partial charge on any atom is 0.322 e. The highest BCUT2D eigenvalue weighted by Gasteiger charge is 2.30. The second-order valence-corrected chi connectivity index (χ2v) is 3.98. The molecule has 0 atom stereocenters. The summed E-state index contributed by atoms with van der Waals surface area (Å²) in [5, 5.41) is 0.188. The van der Waals surface area contributed by atoms with Gasteiger partial charge in [0.15, 0.2) is 0 Å². The van der Waals surface area contributed by atoms with Gasteiger partial charge in [-0.15, -0.1) is 0 Å². The molecule has 16 heavy (non-hydrogen) atoms. The number of anilines is 1. The maximum atomic E-state index is 5.84. The molecule has 0 aliphatic heterocycles. The quantitative estimate of drug-likeness (QED) is 0.790. The molecule has 1 saturated carbocycles. The zero-order valence-corrected chi connectivity index (χ0v) is 10.2. The molecule has 5 nitrogen and oxygen atoms in total. The van der Waals surface area contributed by atoms with Crippen molar-refractivity contribution >= 4 is 17.5 Å². The van der Waals surface area contributed by atoms with Crippen LogP contribution in [0.4, 0.5) is 5.95 Å². The molecule has 1 aliphatic rings. The summed E-state index contributed by atoms with van der Waals surface area (Å²) in [5.74, 6) is 0.619. The van der Waals surface area contributed by atoms with Gasteiger partial charge in [0.1, 0.15) is 0 Å². The molecule has 1 aromatic heterocycles. The molecule has 1 aromatic rings. The molecule has 88 valence electrons. The fourth-order valence-electron chi connectivity index (χ4n) is 1.59. The third-order valence-corrected chi connectivity index (χ3v) is 2.60. The fourth-order valence-corrected chi connectivity index (χ4v) is 1.74. The summed E-state index contributed by atoms with van der Waals surface area (Å²) >= 11 is 5.84. The summed E-state index contributed by atoms with van der Waals surface area (Å²) in [5.41, 5.74) is 0. The molecule has 0 N–H and O–H groups in total. The Morgan fingerprint density at radius 3 is 2.62 bits per heavy atom. The number of rotatable bonds is 5.